The molecule has 2 bridgehead atoms. The molecule has 4 fully saturated rings. The Hall–Kier alpha value is -1.27. The zero-order chi connectivity index (χ0) is 24.6. The molecule has 0 saturated carbocycles. The van der Waals surface area contributed by atoms with Crippen LogP contribution in [0.2, 0.25) is 0 Å². The van der Waals surface area contributed by atoms with E-state index in [9.17, 15) is 19.5 Å². The highest BCUT2D eigenvalue weighted by atomic mass is 79.9. The Balaban J connectivity index is 1.62. The third-order valence-electron chi connectivity index (χ3n) is 7.68. The van der Waals surface area contributed by atoms with Gasteiger partial charge in [0.2, 0.25) is 11.8 Å². The quantitative estimate of drug-likeness (QED) is 0.301. The normalized spacial score (nSPS) is 36.1. The molecule has 0 aromatic rings. The number of ether oxygens (including phenoxy) is 3. The van der Waals surface area contributed by atoms with E-state index in [2.05, 4.69) is 26.1 Å². The number of hydrogen-bond donors (Lipinski definition) is 2. The van der Waals surface area contributed by atoms with Gasteiger partial charge in [-0.2, -0.15) is 0 Å². The Morgan fingerprint density at radius 2 is 2.03 bits per heavy atom. The number of carbonyl (C=O) groups is 3. The first kappa shape index (κ1) is 25.8. The molecular weight excluding hydrogens is 510 g/mol. The monoisotopic (exact) mass is 545 g/mol. The van der Waals surface area contributed by atoms with Gasteiger partial charge in [-0.15, -0.1) is 0 Å². The molecule has 0 radical (unpaired) electrons. The Morgan fingerprint density at radius 3 is 2.65 bits per heavy atom. The fourth-order valence-electron chi connectivity index (χ4n) is 6.11. The number of carbonyl (C=O) groups excluding carboxylic acids is 3. The highest BCUT2D eigenvalue weighted by Crippen LogP contribution is 2.60. The van der Waals surface area contributed by atoms with Crippen LogP contribution in [0.4, 0.5) is 0 Å². The fourth-order valence-corrected chi connectivity index (χ4v) is 7.05. The summed E-state index contributed by atoms with van der Waals surface area (Å²) >= 11 is 3.63. The van der Waals surface area contributed by atoms with E-state index in [4.69, 9.17) is 14.2 Å². The molecule has 3 unspecified atom stereocenters. The lowest BCUT2D eigenvalue weighted by atomic mass is 9.70. The zero-order valence-corrected chi connectivity index (χ0v) is 21.7. The first-order valence-corrected chi connectivity index (χ1v) is 13.2. The largest absolute Gasteiger partial charge is 0.466 e. The minimum atomic E-state index is -1.14. The Bertz CT molecular complexity index is 793. The molecule has 4 saturated heterocycles. The number of hydrogen-bond acceptors (Lipinski definition) is 8. The number of alkyl halides is 1. The average Bonchev–Trinajstić information content (AvgIpc) is 3.39. The molecular formula is C23H36BrN3O7. The van der Waals surface area contributed by atoms with Crippen LogP contribution in [0.25, 0.3) is 0 Å². The second-order valence-electron chi connectivity index (χ2n) is 9.90. The topological polar surface area (TPSA) is 118 Å². The summed E-state index contributed by atoms with van der Waals surface area (Å²) in [5.74, 6) is -2.80. The van der Waals surface area contributed by atoms with Gasteiger partial charge in [-0.05, 0) is 19.3 Å². The van der Waals surface area contributed by atoms with E-state index >= 15 is 0 Å². The molecule has 4 heterocycles. The molecule has 7 atom stereocenters. The van der Waals surface area contributed by atoms with Crippen LogP contribution in [0.5, 0.6) is 0 Å². The number of rotatable bonds is 9. The van der Waals surface area contributed by atoms with Gasteiger partial charge in [0.15, 0.2) is 0 Å². The molecule has 0 aliphatic carbocycles. The van der Waals surface area contributed by atoms with Gasteiger partial charge < -0.3 is 29.5 Å². The predicted molar refractivity (Wildman–Crippen MR) is 125 cm³/mol. The Kier molecular flexibility index (Phi) is 7.88. The van der Waals surface area contributed by atoms with E-state index < -0.39 is 41.6 Å². The average molecular weight is 546 g/mol. The predicted octanol–water partition coefficient (Wildman–Crippen LogP) is -0.237. The maximum Gasteiger partial charge on any atom is 0.312 e. The number of nitrogens with zero attached hydrogens (tertiary/aromatic N) is 2. The van der Waals surface area contributed by atoms with Crippen molar-refractivity contribution in [1.82, 2.24) is 15.1 Å². The molecule has 4 aliphatic rings. The molecule has 0 aromatic heterocycles. The van der Waals surface area contributed by atoms with Crippen molar-refractivity contribution in [2.24, 2.45) is 17.8 Å². The third-order valence-corrected chi connectivity index (χ3v) is 8.52. The number of likely N-dealkylation sites (tertiary alicyclic amines) is 1. The molecule has 0 aromatic carbocycles. The van der Waals surface area contributed by atoms with Crippen LogP contribution >= 0.6 is 15.9 Å². The second kappa shape index (κ2) is 10.4. The molecule has 2 amide bonds. The lowest BCUT2D eigenvalue weighted by Gasteiger charge is -2.38. The van der Waals surface area contributed by atoms with Crippen LogP contribution in [0.15, 0.2) is 0 Å². The summed E-state index contributed by atoms with van der Waals surface area (Å²) in [4.78, 5) is 44.0. The summed E-state index contributed by atoms with van der Waals surface area (Å²) in [6.07, 6.45) is -0.108. The molecule has 192 valence electrons. The molecule has 4 rings (SSSR count). The highest BCUT2D eigenvalue weighted by Gasteiger charge is 2.77. The van der Waals surface area contributed by atoms with Gasteiger partial charge >= 0.3 is 5.97 Å². The van der Waals surface area contributed by atoms with Crippen LogP contribution in [-0.4, -0.2) is 114 Å². The standard InChI is InChI=1S/C23H36BrN3O7/c1-4-33-22(31)16-17-21(30)27(15(12-28)13(2)3)19(23(17)11-14(24)18(16)34-23)20(29)25-5-6-26-7-9-32-10-8-26/h13-19,28H,4-12H2,1-3H3,(H,25,29)/t14?,15-,16+,17-,18+,19?,23?/m0/s1. The maximum absolute atomic E-state index is 13.8. The summed E-state index contributed by atoms with van der Waals surface area (Å²) in [5, 5.41) is 13.2. The van der Waals surface area contributed by atoms with Gasteiger partial charge in [-0.3, -0.25) is 19.3 Å². The Labute approximate surface area is 208 Å². The van der Waals surface area contributed by atoms with Crippen LogP contribution in [0.1, 0.15) is 27.2 Å². The lowest BCUT2D eigenvalue weighted by Crippen LogP contribution is -2.59. The number of aliphatic hydroxyl groups is 1. The highest BCUT2D eigenvalue weighted by molar-refractivity contribution is 9.09. The van der Waals surface area contributed by atoms with Crippen LogP contribution in [0, 0.1) is 17.8 Å². The summed E-state index contributed by atoms with van der Waals surface area (Å²) in [6.45, 7) is 9.52. The summed E-state index contributed by atoms with van der Waals surface area (Å²) in [5.41, 5.74) is -1.14. The van der Waals surface area contributed by atoms with Crippen molar-refractivity contribution in [3.05, 3.63) is 0 Å². The molecule has 1 spiro atoms. The molecule has 10 nitrogen and oxygen atoms in total. The first-order valence-electron chi connectivity index (χ1n) is 12.3. The lowest BCUT2D eigenvalue weighted by molar-refractivity contribution is -0.155. The van der Waals surface area contributed by atoms with Gasteiger partial charge in [0.05, 0.1) is 50.4 Å². The first-order chi connectivity index (χ1) is 16.3. The number of morpholine rings is 1. The van der Waals surface area contributed by atoms with Crippen LogP contribution in [-0.2, 0) is 28.6 Å². The molecule has 4 aliphatic heterocycles. The van der Waals surface area contributed by atoms with Crippen molar-refractivity contribution in [3.8, 4) is 0 Å². The number of halogens is 1. The number of amides is 2. The number of nitrogens with one attached hydrogen (secondary N) is 1. The van der Waals surface area contributed by atoms with Crippen LogP contribution < -0.4 is 5.32 Å². The second-order valence-corrected chi connectivity index (χ2v) is 11.1. The third kappa shape index (κ3) is 4.27. The van der Waals surface area contributed by atoms with Gasteiger partial charge in [-0.1, -0.05) is 29.8 Å². The van der Waals surface area contributed by atoms with E-state index in [1.54, 1.807) is 6.92 Å². The number of esters is 1. The van der Waals surface area contributed by atoms with Crippen molar-refractivity contribution < 1.29 is 33.7 Å². The van der Waals surface area contributed by atoms with Gasteiger partial charge in [-0.25, -0.2) is 0 Å². The fraction of sp³-hybridized carbons (Fsp3) is 0.870. The van der Waals surface area contributed by atoms with Crippen LogP contribution in [0.3, 0.4) is 0 Å². The number of fused-ring (bicyclic) bond motifs is 1. The summed E-state index contributed by atoms with van der Waals surface area (Å²) < 4.78 is 17.1. The summed E-state index contributed by atoms with van der Waals surface area (Å²) in [6, 6.07) is -1.50. The van der Waals surface area contributed by atoms with Gasteiger partial charge in [0, 0.05) is 31.0 Å². The van der Waals surface area contributed by atoms with Crippen molar-refractivity contribution in [1.29, 1.82) is 0 Å². The van der Waals surface area contributed by atoms with Crippen molar-refractivity contribution in [3.63, 3.8) is 0 Å². The van der Waals surface area contributed by atoms with Crippen molar-refractivity contribution >= 4 is 33.7 Å². The molecule has 2 N–H and O–H groups in total. The smallest absolute Gasteiger partial charge is 0.312 e. The minimum Gasteiger partial charge on any atom is -0.466 e. The SMILES string of the molecule is CCOC(=O)[C@H]1[C@@H]2OC3(CC2Br)C(C(=O)NCCN2CCOCC2)N([C@@H](CO)C(C)C)C(=O)[C@H]13. The molecule has 11 heteroatoms. The van der Waals surface area contributed by atoms with Gasteiger partial charge in [0.25, 0.3) is 0 Å². The van der Waals surface area contributed by atoms with E-state index in [0.717, 1.165) is 13.1 Å². The van der Waals surface area contributed by atoms with E-state index in [1.165, 1.54) is 4.90 Å². The summed E-state index contributed by atoms with van der Waals surface area (Å²) in [7, 11) is 0. The zero-order valence-electron chi connectivity index (χ0n) is 20.1. The van der Waals surface area contributed by atoms with Crippen molar-refractivity contribution in [2.45, 2.75) is 55.8 Å². The van der Waals surface area contributed by atoms with E-state index in [1.807, 2.05) is 13.8 Å². The van der Waals surface area contributed by atoms with E-state index in [0.29, 0.717) is 32.7 Å². The van der Waals surface area contributed by atoms with E-state index in [-0.39, 0.29) is 35.8 Å². The maximum atomic E-state index is 13.8. The number of aliphatic hydroxyl groups excluding tert-OH is 1. The Morgan fingerprint density at radius 1 is 1.32 bits per heavy atom. The van der Waals surface area contributed by atoms with Crippen molar-refractivity contribution in [2.75, 3.05) is 52.6 Å². The minimum absolute atomic E-state index is 0.0918. The molecule has 34 heavy (non-hydrogen) atoms. The van der Waals surface area contributed by atoms with Gasteiger partial charge in [0.1, 0.15) is 11.6 Å².